The lowest BCUT2D eigenvalue weighted by molar-refractivity contribution is 0.690. The molecule has 5 heterocycles. The Morgan fingerprint density at radius 1 is 0.359 bits per heavy atom. The molecule has 0 saturated carbocycles. The van der Waals surface area contributed by atoms with Crippen LogP contribution in [-0.2, 0) is 5.41 Å². The van der Waals surface area contributed by atoms with Gasteiger partial charge in [-0.3, -0.25) is 0 Å². The first-order chi connectivity index (χ1) is 31.7. The summed E-state index contributed by atoms with van der Waals surface area (Å²) in [5.74, 6) is 0.710. The highest BCUT2D eigenvalue weighted by atomic mass is 32.2. The largest absolute Gasteiger partial charge is 0.309 e. The Labute approximate surface area is 373 Å². The molecule has 0 fully saturated rings. The van der Waals surface area contributed by atoms with Gasteiger partial charge in [0.2, 0.25) is 0 Å². The Bertz CT molecular complexity index is 3810. The predicted octanol–water partition coefficient (Wildman–Crippen LogP) is 14.8. The van der Waals surface area contributed by atoms with Crippen molar-refractivity contribution in [1.29, 1.82) is 0 Å². The van der Waals surface area contributed by atoms with Crippen LogP contribution in [0.4, 0.5) is 0 Å². The Morgan fingerprint density at radius 2 is 0.938 bits per heavy atom. The van der Waals surface area contributed by atoms with Gasteiger partial charge in [-0.15, -0.1) is 0 Å². The second-order valence-electron chi connectivity index (χ2n) is 16.9. The number of rotatable bonds is 4. The molecule has 0 bridgehead atoms. The third kappa shape index (κ3) is 4.90. The van der Waals surface area contributed by atoms with Crippen molar-refractivity contribution < 1.29 is 0 Å². The Kier molecular flexibility index (Phi) is 7.51. The Balaban J connectivity index is 1.01. The third-order valence-electron chi connectivity index (χ3n) is 13.6. The standard InChI is InChI=1S/C59H36N4S/c1-3-16-37(17-4-1)49-36-50(61-58(60-49)39-18-5-2-6-19-39)38-30-32-40(33-31-38)62-51-26-11-8-21-42(51)44-34-56-48(35-54(44)62)59(46-24-10-14-29-55(46)64-56)45-23-9-13-28-53(45)63-52-27-12-7-20-41(52)43-22-15-25-47(59)57(43)63/h1-36H. The normalized spacial score (nSPS) is 14.9. The van der Waals surface area contributed by atoms with E-state index in [1.807, 2.05) is 36.0 Å². The van der Waals surface area contributed by atoms with E-state index in [-0.39, 0.29) is 0 Å². The lowest BCUT2D eigenvalue weighted by Gasteiger charge is -2.45. The molecular weight excluding hydrogens is 797 g/mol. The summed E-state index contributed by atoms with van der Waals surface area (Å²) in [5.41, 5.74) is 16.7. The highest BCUT2D eigenvalue weighted by Crippen LogP contribution is 2.61. The molecule has 3 aromatic heterocycles. The van der Waals surface area contributed by atoms with Crippen LogP contribution in [0.1, 0.15) is 22.3 Å². The number of hydrogen-bond acceptors (Lipinski definition) is 3. The molecule has 5 heteroatoms. The van der Waals surface area contributed by atoms with Crippen molar-refractivity contribution in [1.82, 2.24) is 19.1 Å². The number of benzene rings is 9. The van der Waals surface area contributed by atoms with E-state index in [9.17, 15) is 0 Å². The van der Waals surface area contributed by atoms with Crippen LogP contribution in [0.15, 0.2) is 228 Å². The number of para-hydroxylation sites is 4. The van der Waals surface area contributed by atoms with Crippen LogP contribution in [0.25, 0.3) is 88.9 Å². The van der Waals surface area contributed by atoms with Crippen LogP contribution in [0, 0.1) is 0 Å². The second-order valence-corrected chi connectivity index (χ2v) is 18.0. The molecule has 1 spiro atoms. The van der Waals surface area contributed by atoms with E-state index in [4.69, 9.17) is 9.97 Å². The monoisotopic (exact) mass is 832 g/mol. The van der Waals surface area contributed by atoms with Crippen molar-refractivity contribution >= 4 is 55.4 Å². The fourth-order valence-corrected chi connectivity index (χ4v) is 12.1. The first-order valence-corrected chi connectivity index (χ1v) is 22.6. The summed E-state index contributed by atoms with van der Waals surface area (Å²) >= 11 is 1.90. The summed E-state index contributed by atoms with van der Waals surface area (Å²) in [6.45, 7) is 0. The van der Waals surface area contributed by atoms with Gasteiger partial charge in [0.05, 0.1) is 44.6 Å². The van der Waals surface area contributed by atoms with Crippen molar-refractivity contribution in [3.63, 3.8) is 0 Å². The summed E-state index contributed by atoms with van der Waals surface area (Å²) in [4.78, 5) is 12.8. The number of hydrogen-bond donors (Lipinski definition) is 0. The van der Waals surface area contributed by atoms with Gasteiger partial charge in [-0.1, -0.05) is 176 Å². The Hall–Kier alpha value is -7.99. The van der Waals surface area contributed by atoms with Crippen molar-refractivity contribution in [2.45, 2.75) is 15.2 Å². The summed E-state index contributed by atoms with van der Waals surface area (Å²) < 4.78 is 4.98. The molecule has 0 aliphatic carbocycles. The molecule has 9 aromatic carbocycles. The van der Waals surface area contributed by atoms with Crippen molar-refractivity contribution in [2.24, 2.45) is 0 Å². The Morgan fingerprint density at radius 3 is 1.70 bits per heavy atom. The van der Waals surface area contributed by atoms with Crippen LogP contribution in [-0.4, -0.2) is 19.1 Å². The van der Waals surface area contributed by atoms with Crippen molar-refractivity contribution in [2.75, 3.05) is 0 Å². The zero-order valence-electron chi connectivity index (χ0n) is 34.5. The minimum Gasteiger partial charge on any atom is -0.309 e. The molecule has 64 heavy (non-hydrogen) atoms. The molecule has 0 radical (unpaired) electrons. The third-order valence-corrected chi connectivity index (χ3v) is 14.7. The SMILES string of the molecule is c1ccc(-c2cc(-c3ccc(-n4c5ccccc5c5cc6c(cc54)C4(c5ccccc5S6)c5ccccc5-n5c6ccccc6c6cccc4c65)cc3)nc(-c3ccccc3)n2)cc1. The maximum Gasteiger partial charge on any atom is 0.160 e. The summed E-state index contributed by atoms with van der Waals surface area (Å²) in [7, 11) is 0. The highest BCUT2D eigenvalue weighted by molar-refractivity contribution is 7.99. The fraction of sp³-hybridized carbons (Fsp3) is 0.0169. The van der Waals surface area contributed by atoms with Gasteiger partial charge in [-0.05, 0) is 76.9 Å². The van der Waals surface area contributed by atoms with Crippen molar-refractivity contribution in [3.05, 3.63) is 241 Å². The summed E-state index contributed by atoms with van der Waals surface area (Å²) in [6, 6.07) is 79.6. The van der Waals surface area contributed by atoms with Gasteiger partial charge in [0.1, 0.15) is 0 Å². The molecule has 0 amide bonds. The maximum atomic E-state index is 5.15. The van der Waals surface area contributed by atoms with Gasteiger partial charge < -0.3 is 9.13 Å². The molecule has 14 rings (SSSR count). The van der Waals surface area contributed by atoms with E-state index in [2.05, 4.69) is 203 Å². The first kappa shape index (κ1) is 35.6. The van der Waals surface area contributed by atoms with Gasteiger partial charge in [-0.2, -0.15) is 0 Å². The molecule has 0 N–H and O–H groups in total. The molecule has 4 nitrogen and oxygen atoms in total. The molecular formula is C59H36N4S. The topological polar surface area (TPSA) is 35.6 Å². The van der Waals surface area contributed by atoms with Crippen LogP contribution in [0.5, 0.6) is 0 Å². The zero-order chi connectivity index (χ0) is 41.9. The minimum atomic E-state index is -0.572. The molecule has 0 saturated heterocycles. The maximum absolute atomic E-state index is 5.15. The van der Waals surface area contributed by atoms with Gasteiger partial charge in [0.15, 0.2) is 5.82 Å². The van der Waals surface area contributed by atoms with Crippen LogP contribution in [0.2, 0.25) is 0 Å². The van der Waals surface area contributed by atoms with E-state index in [0.717, 1.165) is 33.8 Å². The van der Waals surface area contributed by atoms with E-state index < -0.39 is 5.41 Å². The average molecular weight is 833 g/mol. The smallest absolute Gasteiger partial charge is 0.160 e. The van der Waals surface area contributed by atoms with Gasteiger partial charge in [0.25, 0.3) is 0 Å². The fourth-order valence-electron chi connectivity index (χ4n) is 10.9. The second kappa shape index (κ2) is 13.5. The average Bonchev–Trinajstić information content (AvgIpc) is 3.88. The molecule has 1 unspecified atom stereocenters. The minimum absolute atomic E-state index is 0.572. The van der Waals surface area contributed by atoms with Gasteiger partial charge >= 0.3 is 0 Å². The number of fused-ring (bicyclic) bond motifs is 14. The number of nitrogens with zero attached hydrogens (tertiary/aromatic N) is 4. The lowest BCUT2D eigenvalue weighted by Crippen LogP contribution is -2.37. The van der Waals surface area contributed by atoms with E-state index >= 15 is 0 Å². The van der Waals surface area contributed by atoms with Crippen molar-refractivity contribution in [3.8, 4) is 45.3 Å². The van der Waals surface area contributed by atoms with E-state index in [0.29, 0.717) is 5.82 Å². The molecule has 2 aliphatic rings. The highest BCUT2D eigenvalue weighted by Gasteiger charge is 2.49. The summed E-state index contributed by atoms with van der Waals surface area (Å²) in [5, 5.41) is 5.04. The first-order valence-electron chi connectivity index (χ1n) is 21.8. The van der Waals surface area contributed by atoms with E-state index in [1.165, 1.54) is 81.3 Å². The van der Waals surface area contributed by atoms with E-state index in [1.54, 1.807) is 0 Å². The van der Waals surface area contributed by atoms with Gasteiger partial charge in [0, 0.05) is 53.7 Å². The number of aromatic nitrogens is 4. The quantitative estimate of drug-likeness (QED) is 0.177. The predicted molar refractivity (Wildman–Crippen MR) is 263 cm³/mol. The molecule has 2 aliphatic heterocycles. The molecule has 12 aromatic rings. The zero-order valence-corrected chi connectivity index (χ0v) is 35.3. The van der Waals surface area contributed by atoms with Crippen LogP contribution < -0.4 is 0 Å². The lowest BCUT2D eigenvalue weighted by atomic mass is 9.62. The van der Waals surface area contributed by atoms with Gasteiger partial charge in [-0.25, -0.2) is 9.97 Å². The van der Waals surface area contributed by atoms with Crippen LogP contribution >= 0.6 is 11.8 Å². The molecule has 1 atom stereocenters. The molecule has 298 valence electrons. The van der Waals surface area contributed by atoms with Crippen LogP contribution in [0.3, 0.4) is 0 Å². The summed E-state index contributed by atoms with van der Waals surface area (Å²) in [6.07, 6.45) is 0.